The molecule has 1 aromatic carbocycles. The van der Waals surface area contributed by atoms with Crippen LogP contribution in [0, 0.1) is 18.8 Å². The lowest BCUT2D eigenvalue weighted by Gasteiger charge is -2.26. The average molecular weight is 383 g/mol. The van der Waals surface area contributed by atoms with Crippen molar-refractivity contribution in [1.82, 2.24) is 19.6 Å². The monoisotopic (exact) mass is 383 g/mol. The normalized spacial score (nSPS) is 25.1. The van der Waals surface area contributed by atoms with E-state index in [-0.39, 0.29) is 5.91 Å². The van der Waals surface area contributed by atoms with Gasteiger partial charge in [-0.2, -0.15) is 5.10 Å². The van der Waals surface area contributed by atoms with E-state index in [2.05, 4.69) is 39.4 Å². The number of hydrogen-bond acceptors (Lipinski definition) is 5. The molecule has 7 heteroatoms. The van der Waals surface area contributed by atoms with Crippen molar-refractivity contribution in [3.63, 3.8) is 0 Å². The summed E-state index contributed by atoms with van der Waals surface area (Å²) in [7, 11) is 5.78. The molecule has 0 saturated carbocycles. The first-order chi connectivity index (χ1) is 13.5. The third-order valence-corrected chi connectivity index (χ3v) is 6.30. The summed E-state index contributed by atoms with van der Waals surface area (Å²) in [6.45, 7) is 5.38. The van der Waals surface area contributed by atoms with E-state index in [4.69, 9.17) is 4.74 Å². The Labute approximate surface area is 166 Å². The van der Waals surface area contributed by atoms with E-state index in [1.54, 1.807) is 18.0 Å². The number of anilines is 1. The Kier molecular flexibility index (Phi) is 5.12. The van der Waals surface area contributed by atoms with Crippen molar-refractivity contribution >= 4 is 11.6 Å². The van der Waals surface area contributed by atoms with Crippen LogP contribution >= 0.6 is 0 Å². The van der Waals surface area contributed by atoms with Crippen LogP contribution in [0.3, 0.4) is 0 Å². The first-order valence-electron chi connectivity index (χ1n) is 9.81. The number of hydrogen-bond donors (Lipinski definition) is 1. The van der Waals surface area contributed by atoms with Crippen LogP contribution in [-0.2, 0) is 11.8 Å². The van der Waals surface area contributed by atoms with E-state index in [0.717, 1.165) is 36.8 Å². The largest absolute Gasteiger partial charge is 0.497 e. The summed E-state index contributed by atoms with van der Waals surface area (Å²) >= 11 is 0. The van der Waals surface area contributed by atoms with Crippen LogP contribution in [0.15, 0.2) is 30.5 Å². The van der Waals surface area contributed by atoms with Gasteiger partial charge in [-0.25, -0.2) is 0 Å². The van der Waals surface area contributed by atoms with Crippen molar-refractivity contribution in [1.29, 1.82) is 0 Å². The molecule has 2 fully saturated rings. The second kappa shape index (κ2) is 7.56. The van der Waals surface area contributed by atoms with Crippen LogP contribution in [0.25, 0.3) is 0 Å². The number of benzene rings is 1. The molecule has 0 spiro atoms. The minimum Gasteiger partial charge on any atom is -0.497 e. The predicted molar refractivity (Wildman–Crippen MR) is 108 cm³/mol. The first-order valence-corrected chi connectivity index (χ1v) is 9.81. The van der Waals surface area contributed by atoms with E-state index >= 15 is 0 Å². The molecule has 0 radical (unpaired) electrons. The highest BCUT2D eigenvalue weighted by molar-refractivity contribution is 5.92. The Morgan fingerprint density at radius 1 is 1.21 bits per heavy atom. The zero-order valence-corrected chi connectivity index (χ0v) is 17.1. The van der Waals surface area contributed by atoms with Crippen molar-refractivity contribution in [2.45, 2.75) is 13.0 Å². The number of fused-ring (bicyclic) bond motifs is 1. The highest BCUT2D eigenvalue weighted by Gasteiger charge is 2.46. The topological polar surface area (TPSA) is 62.6 Å². The average Bonchev–Trinajstić information content (AvgIpc) is 3.29. The van der Waals surface area contributed by atoms with Crippen LogP contribution in [0.2, 0.25) is 0 Å². The molecule has 7 nitrogen and oxygen atoms in total. The zero-order chi connectivity index (χ0) is 19.8. The molecule has 150 valence electrons. The Balaban J connectivity index is 1.39. The number of likely N-dealkylation sites (tertiary alicyclic amines) is 2. The molecule has 3 heterocycles. The molecule has 1 aromatic heterocycles. The number of nitrogens with zero attached hydrogens (tertiary/aromatic N) is 4. The lowest BCUT2D eigenvalue weighted by atomic mass is 9.89. The summed E-state index contributed by atoms with van der Waals surface area (Å²) < 4.78 is 7.06. The molecular weight excluding hydrogens is 354 g/mol. The number of rotatable bonds is 5. The number of carbonyl (C=O) groups excluding carboxylic acids is 1. The number of methoxy groups -OCH3 is 1. The third kappa shape index (κ3) is 3.52. The Bertz CT molecular complexity index is 847. The molecular formula is C21H29N5O2. The third-order valence-electron chi connectivity index (χ3n) is 6.30. The molecule has 4 rings (SSSR count). The van der Waals surface area contributed by atoms with Gasteiger partial charge in [0, 0.05) is 32.7 Å². The minimum atomic E-state index is 0.0328. The van der Waals surface area contributed by atoms with Gasteiger partial charge < -0.3 is 10.1 Å². The molecule has 1 amide bonds. The van der Waals surface area contributed by atoms with Crippen molar-refractivity contribution < 1.29 is 9.53 Å². The maximum absolute atomic E-state index is 12.5. The zero-order valence-electron chi connectivity index (χ0n) is 17.1. The molecule has 2 aliphatic heterocycles. The highest BCUT2D eigenvalue weighted by atomic mass is 16.5. The van der Waals surface area contributed by atoms with Crippen molar-refractivity contribution in [2.24, 2.45) is 18.9 Å². The van der Waals surface area contributed by atoms with Gasteiger partial charge in [-0.15, -0.1) is 0 Å². The lowest BCUT2D eigenvalue weighted by molar-refractivity contribution is -0.117. The van der Waals surface area contributed by atoms with Crippen molar-refractivity contribution in [3.8, 4) is 5.75 Å². The SMILES string of the molecule is COc1ccc([C@H]2[C@@H]3CN(CC(=O)Nc4cnn(C)c4C)C[C@@H]3CN2C)cc1. The quantitative estimate of drug-likeness (QED) is 0.855. The smallest absolute Gasteiger partial charge is 0.238 e. The number of aryl methyl sites for hydroxylation is 1. The fourth-order valence-corrected chi connectivity index (χ4v) is 4.80. The predicted octanol–water partition coefficient (Wildman–Crippen LogP) is 1.91. The summed E-state index contributed by atoms with van der Waals surface area (Å²) in [6, 6.07) is 8.80. The number of ether oxygens (including phenoxy) is 1. The minimum absolute atomic E-state index is 0.0328. The van der Waals surface area contributed by atoms with Gasteiger partial charge in [0.15, 0.2) is 0 Å². The van der Waals surface area contributed by atoms with Crippen LogP contribution in [0.1, 0.15) is 17.3 Å². The molecule has 2 aliphatic rings. The van der Waals surface area contributed by atoms with Gasteiger partial charge in [-0.05, 0) is 43.5 Å². The molecule has 2 aromatic rings. The van der Waals surface area contributed by atoms with Gasteiger partial charge in [0.25, 0.3) is 0 Å². The molecule has 3 atom stereocenters. The molecule has 2 saturated heterocycles. The van der Waals surface area contributed by atoms with Gasteiger partial charge in [-0.1, -0.05) is 12.1 Å². The second-order valence-corrected chi connectivity index (χ2v) is 8.09. The van der Waals surface area contributed by atoms with Crippen LogP contribution in [-0.4, -0.2) is 65.8 Å². The van der Waals surface area contributed by atoms with E-state index in [1.807, 2.05) is 26.1 Å². The van der Waals surface area contributed by atoms with Crippen molar-refractivity contribution in [2.75, 3.05) is 45.7 Å². The summed E-state index contributed by atoms with van der Waals surface area (Å²) in [4.78, 5) is 17.3. The van der Waals surface area contributed by atoms with Gasteiger partial charge >= 0.3 is 0 Å². The van der Waals surface area contributed by atoms with Gasteiger partial charge in [0.05, 0.1) is 31.2 Å². The first kappa shape index (κ1) is 19.0. The number of carbonyl (C=O) groups is 1. The van der Waals surface area contributed by atoms with Gasteiger partial charge in [-0.3, -0.25) is 19.3 Å². The van der Waals surface area contributed by atoms with Crippen LogP contribution in [0.4, 0.5) is 5.69 Å². The fourth-order valence-electron chi connectivity index (χ4n) is 4.80. The van der Waals surface area contributed by atoms with E-state index < -0.39 is 0 Å². The van der Waals surface area contributed by atoms with E-state index in [9.17, 15) is 4.79 Å². The number of amides is 1. The summed E-state index contributed by atoms with van der Waals surface area (Å²) in [5.41, 5.74) is 3.09. The van der Waals surface area contributed by atoms with Gasteiger partial charge in [0.2, 0.25) is 5.91 Å². The van der Waals surface area contributed by atoms with E-state index in [1.165, 1.54) is 5.56 Å². The maximum Gasteiger partial charge on any atom is 0.238 e. The molecule has 1 N–H and O–H groups in total. The van der Waals surface area contributed by atoms with Crippen LogP contribution < -0.4 is 10.1 Å². The molecule has 28 heavy (non-hydrogen) atoms. The molecule has 0 aliphatic carbocycles. The summed E-state index contributed by atoms with van der Waals surface area (Å²) in [5.74, 6) is 2.07. The summed E-state index contributed by atoms with van der Waals surface area (Å²) in [6.07, 6.45) is 1.71. The van der Waals surface area contributed by atoms with Crippen LogP contribution in [0.5, 0.6) is 5.75 Å². The fraction of sp³-hybridized carbons (Fsp3) is 0.524. The Hall–Kier alpha value is -2.38. The van der Waals surface area contributed by atoms with Crippen molar-refractivity contribution in [3.05, 3.63) is 41.7 Å². The standard InChI is InChI=1S/C21H29N5O2/c1-14-19(9-22-25(14)3)23-20(27)13-26-11-16-10-24(2)21(18(16)12-26)15-5-7-17(28-4)8-6-15/h5-9,16,18,21H,10-13H2,1-4H3,(H,23,27)/t16-,18+,21-/m0/s1. The molecule has 0 unspecified atom stereocenters. The number of aromatic nitrogens is 2. The molecule has 0 bridgehead atoms. The summed E-state index contributed by atoms with van der Waals surface area (Å²) in [5, 5.41) is 7.19. The highest BCUT2D eigenvalue weighted by Crippen LogP contribution is 2.44. The second-order valence-electron chi connectivity index (χ2n) is 8.09. The maximum atomic E-state index is 12.5. The van der Waals surface area contributed by atoms with Gasteiger partial charge in [0.1, 0.15) is 5.75 Å². The lowest BCUT2D eigenvalue weighted by Crippen LogP contribution is -2.34. The Morgan fingerprint density at radius 2 is 1.96 bits per heavy atom. The number of nitrogens with one attached hydrogen (secondary N) is 1. The Morgan fingerprint density at radius 3 is 2.61 bits per heavy atom. The van der Waals surface area contributed by atoms with E-state index in [0.29, 0.717) is 24.4 Å².